The third kappa shape index (κ3) is 6.04. The molecule has 21 heavy (non-hydrogen) atoms. The molecule has 1 N–H and O–H groups in total. The Balaban J connectivity index is 2.63. The maximum atomic E-state index is 11.9. The molecule has 0 aromatic carbocycles. The van der Waals surface area contributed by atoms with Crippen LogP contribution in [0, 0.1) is 11.8 Å². The molecule has 0 radical (unpaired) electrons. The zero-order chi connectivity index (χ0) is 16.0. The Morgan fingerprint density at radius 2 is 1.90 bits per heavy atom. The van der Waals surface area contributed by atoms with Crippen molar-refractivity contribution in [2.45, 2.75) is 59.5 Å². The average Bonchev–Trinajstić information content (AvgIpc) is 2.38. The Morgan fingerprint density at radius 3 is 2.43 bits per heavy atom. The number of rotatable bonds is 6. The summed E-state index contributed by atoms with van der Waals surface area (Å²) in [7, 11) is 0. The first-order valence-electron chi connectivity index (χ1n) is 8.03. The smallest absolute Gasteiger partial charge is 0.306 e. The number of likely N-dealkylation sites (tertiary alicyclic amines) is 1. The zero-order valence-corrected chi connectivity index (χ0v) is 14.0. The Morgan fingerprint density at radius 1 is 1.24 bits per heavy atom. The maximum absolute atomic E-state index is 11.9. The van der Waals surface area contributed by atoms with Crippen molar-refractivity contribution in [2.75, 3.05) is 19.7 Å². The standard InChI is InChI=1S/C16H30N2O3/c1-6-21-15(19)8-13-7-14(17-16(20)11(2)3)10-18(9-13)12(4)5/h11-14H,6-10H2,1-5H3,(H,17,20). The second-order valence-corrected chi connectivity index (χ2v) is 6.52. The highest BCUT2D eigenvalue weighted by molar-refractivity contribution is 5.78. The number of ether oxygens (including phenoxy) is 1. The van der Waals surface area contributed by atoms with Crippen LogP contribution >= 0.6 is 0 Å². The second kappa shape index (κ2) is 8.37. The van der Waals surface area contributed by atoms with Crippen LogP contribution < -0.4 is 5.32 Å². The van der Waals surface area contributed by atoms with Crippen LogP contribution in [0.4, 0.5) is 0 Å². The van der Waals surface area contributed by atoms with Crippen LogP contribution in [0.25, 0.3) is 0 Å². The van der Waals surface area contributed by atoms with E-state index >= 15 is 0 Å². The van der Waals surface area contributed by atoms with E-state index in [1.165, 1.54) is 0 Å². The summed E-state index contributed by atoms with van der Waals surface area (Å²) >= 11 is 0. The normalized spacial score (nSPS) is 23.4. The molecule has 1 fully saturated rings. The van der Waals surface area contributed by atoms with Crippen molar-refractivity contribution in [3.8, 4) is 0 Å². The van der Waals surface area contributed by atoms with E-state index in [0.29, 0.717) is 19.1 Å². The molecule has 5 nitrogen and oxygen atoms in total. The number of nitrogens with one attached hydrogen (secondary N) is 1. The quantitative estimate of drug-likeness (QED) is 0.760. The zero-order valence-electron chi connectivity index (χ0n) is 14.0. The number of esters is 1. The van der Waals surface area contributed by atoms with Crippen LogP contribution in [0.2, 0.25) is 0 Å². The summed E-state index contributed by atoms with van der Waals surface area (Å²) in [6.07, 6.45) is 1.28. The van der Waals surface area contributed by atoms with Gasteiger partial charge in [0.2, 0.25) is 5.91 Å². The van der Waals surface area contributed by atoms with Gasteiger partial charge in [0.15, 0.2) is 0 Å². The maximum Gasteiger partial charge on any atom is 0.306 e. The monoisotopic (exact) mass is 298 g/mol. The summed E-state index contributed by atoms with van der Waals surface area (Å²) in [4.78, 5) is 25.9. The summed E-state index contributed by atoms with van der Waals surface area (Å²) in [5.74, 6) is 0.183. The minimum absolute atomic E-state index is 0.0112. The van der Waals surface area contributed by atoms with Crippen molar-refractivity contribution >= 4 is 11.9 Å². The van der Waals surface area contributed by atoms with Gasteiger partial charge in [-0.1, -0.05) is 13.8 Å². The van der Waals surface area contributed by atoms with Crippen LogP contribution in [0.3, 0.4) is 0 Å². The van der Waals surface area contributed by atoms with E-state index in [4.69, 9.17) is 4.74 Å². The molecule has 1 saturated heterocycles. The number of hydrogen-bond acceptors (Lipinski definition) is 4. The summed E-state index contributed by atoms with van der Waals surface area (Å²) in [6.45, 7) is 12.1. The van der Waals surface area contributed by atoms with Gasteiger partial charge < -0.3 is 10.1 Å². The van der Waals surface area contributed by atoms with Gasteiger partial charge in [-0.05, 0) is 33.1 Å². The van der Waals surface area contributed by atoms with Crippen LogP contribution in [0.5, 0.6) is 0 Å². The molecule has 0 spiro atoms. The van der Waals surface area contributed by atoms with Crippen molar-refractivity contribution in [3.05, 3.63) is 0 Å². The minimum Gasteiger partial charge on any atom is -0.466 e. The first-order valence-corrected chi connectivity index (χ1v) is 8.03. The Labute approximate surface area is 128 Å². The highest BCUT2D eigenvalue weighted by Gasteiger charge is 2.31. The molecular weight excluding hydrogens is 268 g/mol. The average molecular weight is 298 g/mol. The number of carbonyl (C=O) groups is 2. The van der Waals surface area contributed by atoms with Gasteiger partial charge >= 0.3 is 5.97 Å². The number of carbonyl (C=O) groups excluding carboxylic acids is 2. The van der Waals surface area contributed by atoms with Gasteiger partial charge in [0.25, 0.3) is 0 Å². The molecule has 0 saturated carbocycles. The largest absolute Gasteiger partial charge is 0.466 e. The summed E-state index contributed by atoms with van der Waals surface area (Å²) in [6, 6.07) is 0.531. The van der Waals surface area contributed by atoms with Gasteiger partial charge in [0.05, 0.1) is 6.61 Å². The molecule has 1 amide bonds. The topological polar surface area (TPSA) is 58.6 Å². The van der Waals surface area contributed by atoms with Crippen LogP contribution in [-0.4, -0.2) is 48.6 Å². The lowest BCUT2D eigenvalue weighted by Gasteiger charge is -2.40. The molecule has 2 unspecified atom stereocenters. The Hall–Kier alpha value is -1.10. The molecule has 2 atom stereocenters. The molecule has 1 heterocycles. The van der Waals surface area contributed by atoms with E-state index in [1.54, 1.807) is 0 Å². The van der Waals surface area contributed by atoms with Gasteiger partial charge in [0.1, 0.15) is 0 Å². The molecule has 0 bridgehead atoms. The minimum atomic E-state index is -0.137. The molecule has 1 aliphatic heterocycles. The molecule has 1 aliphatic rings. The van der Waals surface area contributed by atoms with Gasteiger partial charge in [-0.25, -0.2) is 0 Å². The van der Waals surface area contributed by atoms with Gasteiger partial charge in [-0.15, -0.1) is 0 Å². The highest BCUT2D eigenvalue weighted by Crippen LogP contribution is 2.22. The van der Waals surface area contributed by atoms with E-state index in [9.17, 15) is 9.59 Å². The van der Waals surface area contributed by atoms with Crippen LogP contribution in [0.15, 0.2) is 0 Å². The molecule has 0 aromatic rings. The van der Waals surface area contributed by atoms with Crippen LogP contribution in [0.1, 0.15) is 47.5 Å². The SMILES string of the molecule is CCOC(=O)CC1CC(NC(=O)C(C)C)CN(C(C)C)C1. The summed E-state index contributed by atoms with van der Waals surface area (Å²) in [5, 5.41) is 3.11. The molecular formula is C16H30N2O3. The molecule has 122 valence electrons. The van der Waals surface area contributed by atoms with E-state index < -0.39 is 0 Å². The lowest BCUT2D eigenvalue weighted by atomic mass is 9.90. The predicted octanol–water partition coefficient (Wildman–Crippen LogP) is 1.81. The second-order valence-electron chi connectivity index (χ2n) is 6.52. The molecule has 0 aromatic heterocycles. The lowest BCUT2D eigenvalue weighted by Crippen LogP contribution is -2.53. The first-order chi connectivity index (χ1) is 9.83. The van der Waals surface area contributed by atoms with E-state index in [2.05, 4.69) is 24.1 Å². The fourth-order valence-electron chi connectivity index (χ4n) is 2.74. The number of piperidine rings is 1. The third-order valence-electron chi connectivity index (χ3n) is 3.93. The third-order valence-corrected chi connectivity index (χ3v) is 3.93. The van der Waals surface area contributed by atoms with Gasteiger partial charge in [0, 0.05) is 37.5 Å². The van der Waals surface area contributed by atoms with Gasteiger partial charge in [-0.3, -0.25) is 14.5 Å². The van der Waals surface area contributed by atoms with E-state index in [-0.39, 0.29) is 29.8 Å². The summed E-state index contributed by atoms with van der Waals surface area (Å²) < 4.78 is 5.05. The Bertz CT molecular complexity index is 355. The predicted molar refractivity (Wildman–Crippen MR) is 82.8 cm³/mol. The first kappa shape index (κ1) is 18.0. The Kier molecular flexibility index (Phi) is 7.15. The molecule has 5 heteroatoms. The van der Waals surface area contributed by atoms with Crippen LogP contribution in [-0.2, 0) is 14.3 Å². The molecule has 1 rings (SSSR count). The van der Waals surface area contributed by atoms with Gasteiger partial charge in [-0.2, -0.15) is 0 Å². The van der Waals surface area contributed by atoms with Crippen molar-refractivity contribution in [1.82, 2.24) is 10.2 Å². The number of nitrogens with zero attached hydrogens (tertiary/aromatic N) is 1. The van der Waals surface area contributed by atoms with Crippen molar-refractivity contribution < 1.29 is 14.3 Å². The number of hydrogen-bond donors (Lipinski definition) is 1. The van der Waals surface area contributed by atoms with Crippen molar-refractivity contribution in [3.63, 3.8) is 0 Å². The summed E-state index contributed by atoms with van der Waals surface area (Å²) in [5.41, 5.74) is 0. The van der Waals surface area contributed by atoms with Crippen molar-refractivity contribution in [2.24, 2.45) is 11.8 Å². The van der Waals surface area contributed by atoms with E-state index in [1.807, 2.05) is 20.8 Å². The molecule has 0 aliphatic carbocycles. The fourth-order valence-corrected chi connectivity index (χ4v) is 2.74. The van der Waals surface area contributed by atoms with Crippen molar-refractivity contribution in [1.29, 1.82) is 0 Å². The highest BCUT2D eigenvalue weighted by atomic mass is 16.5. The lowest BCUT2D eigenvalue weighted by molar-refractivity contribution is -0.144. The fraction of sp³-hybridized carbons (Fsp3) is 0.875. The van der Waals surface area contributed by atoms with E-state index in [0.717, 1.165) is 19.5 Å². The number of amides is 1.